The second-order valence-corrected chi connectivity index (χ2v) is 7.60. The van der Waals surface area contributed by atoms with Crippen molar-refractivity contribution in [2.45, 2.75) is 61.3 Å². The summed E-state index contributed by atoms with van der Waals surface area (Å²) in [7, 11) is 0. The third-order valence-corrected chi connectivity index (χ3v) is 5.08. The quantitative estimate of drug-likeness (QED) is 0.880. The number of nitrogens with one attached hydrogen (secondary N) is 1. The Morgan fingerprint density at radius 3 is 2.95 bits per heavy atom. The molecule has 20 heavy (non-hydrogen) atoms. The van der Waals surface area contributed by atoms with E-state index in [0.717, 1.165) is 24.3 Å². The Labute approximate surface area is 130 Å². The van der Waals surface area contributed by atoms with Crippen LogP contribution in [0, 0.1) is 11.3 Å². The molecule has 1 aliphatic carbocycles. The molecule has 1 fully saturated rings. The van der Waals surface area contributed by atoms with Gasteiger partial charge in [-0.2, -0.15) is 5.26 Å². The Morgan fingerprint density at radius 2 is 2.30 bits per heavy atom. The van der Waals surface area contributed by atoms with Crippen LogP contribution in [0.15, 0.2) is 29.2 Å². The van der Waals surface area contributed by atoms with Gasteiger partial charge >= 0.3 is 0 Å². The topological polar surface area (TPSA) is 35.8 Å². The van der Waals surface area contributed by atoms with E-state index < -0.39 is 0 Å². The fourth-order valence-electron chi connectivity index (χ4n) is 2.88. The van der Waals surface area contributed by atoms with Gasteiger partial charge in [0.25, 0.3) is 0 Å². The van der Waals surface area contributed by atoms with Crippen LogP contribution in [-0.2, 0) is 0 Å². The van der Waals surface area contributed by atoms with E-state index in [9.17, 15) is 5.26 Å². The minimum atomic E-state index is -0.358. The van der Waals surface area contributed by atoms with Crippen molar-refractivity contribution in [3.63, 3.8) is 0 Å². The first kappa shape index (κ1) is 15.7. The number of hydrogen-bond acceptors (Lipinski definition) is 3. The SMILES string of the molecule is CC(C)NC1(C#N)CCCC(Sc2cccc(Cl)c2)C1. The minimum absolute atomic E-state index is 0.338. The van der Waals surface area contributed by atoms with E-state index in [4.69, 9.17) is 11.6 Å². The lowest BCUT2D eigenvalue weighted by atomic mass is 9.82. The summed E-state index contributed by atoms with van der Waals surface area (Å²) in [5.41, 5.74) is -0.358. The van der Waals surface area contributed by atoms with Gasteiger partial charge < -0.3 is 0 Å². The lowest BCUT2D eigenvalue weighted by Crippen LogP contribution is -2.51. The molecule has 0 amide bonds. The summed E-state index contributed by atoms with van der Waals surface area (Å²) in [6, 6.07) is 10.8. The molecule has 2 unspecified atom stereocenters. The summed E-state index contributed by atoms with van der Waals surface area (Å²) in [6.45, 7) is 4.21. The molecule has 2 rings (SSSR count). The second kappa shape index (κ2) is 6.85. The number of nitrogens with zero attached hydrogens (tertiary/aromatic N) is 1. The highest BCUT2D eigenvalue weighted by atomic mass is 35.5. The highest BCUT2D eigenvalue weighted by Crippen LogP contribution is 2.38. The van der Waals surface area contributed by atoms with Crippen molar-refractivity contribution in [1.29, 1.82) is 5.26 Å². The summed E-state index contributed by atoms with van der Waals surface area (Å²) < 4.78 is 0. The molecule has 0 bridgehead atoms. The van der Waals surface area contributed by atoms with Crippen LogP contribution in [0.5, 0.6) is 0 Å². The van der Waals surface area contributed by atoms with Gasteiger partial charge in [0.15, 0.2) is 0 Å². The number of nitriles is 1. The molecular formula is C16H21ClN2S. The number of rotatable bonds is 4. The molecule has 2 atom stereocenters. The highest BCUT2D eigenvalue weighted by Gasteiger charge is 2.37. The first-order chi connectivity index (χ1) is 9.53. The predicted octanol–water partition coefficient (Wildman–Crippen LogP) is 4.64. The zero-order valence-electron chi connectivity index (χ0n) is 12.0. The Bertz CT molecular complexity index is 497. The van der Waals surface area contributed by atoms with Gasteiger partial charge in [0.05, 0.1) is 6.07 Å². The summed E-state index contributed by atoms with van der Waals surface area (Å²) in [6.07, 6.45) is 4.12. The zero-order chi connectivity index (χ0) is 14.6. The van der Waals surface area contributed by atoms with Crippen LogP contribution in [0.3, 0.4) is 0 Å². The van der Waals surface area contributed by atoms with Gasteiger partial charge in [-0.05, 0) is 57.7 Å². The lowest BCUT2D eigenvalue weighted by Gasteiger charge is -2.37. The molecule has 0 aliphatic heterocycles. The van der Waals surface area contributed by atoms with Crippen LogP contribution in [0.2, 0.25) is 5.02 Å². The van der Waals surface area contributed by atoms with Crippen LogP contribution in [0.4, 0.5) is 0 Å². The maximum atomic E-state index is 9.58. The van der Waals surface area contributed by atoms with Crippen LogP contribution < -0.4 is 5.32 Å². The Hall–Kier alpha value is -0.690. The molecule has 1 aromatic carbocycles. The van der Waals surface area contributed by atoms with Crippen LogP contribution >= 0.6 is 23.4 Å². The average Bonchev–Trinajstić information content (AvgIpc) is 2.38. The van der Waals surface area contributed by atoms with Gasteiger partial charge in [-0.3, -0.25) is 5.32 Å². The van der Waals surface area contributed by atoms with E-state index in [1.165, 1.54) is 11.3 Å². The molecule has 0 radical (unpaired) electrons. The van der Waals surface area contributed by atoms with Crippen molar-refractivity contribution >= 4 is 23.4 Å². The van der Waals surface area contributed by atoms with Crippen molar-refractivity contribution in [3.8, 4) is 6.07 Å². The largest absolute Gasteiger partial charge is 0.297 e. The summed E-state index contributed by atoms with van der Waals surface area (Å²) in [5, 5.41) is 14.3. The normalized spacial score (nSPS) is 26.4. The maximum Gasteiger partial charge on any atom is 0.108 e. The number of thioether (sulfide) groups is 1. The third-order valence-electron chi connectivity index (χ3n) is 3.58. The number of hydrogen-bond donors (Lipinski definition) is 1. The van der Waals surface area contributed by atoms with E-state index >= 15 is 0 Å². The van der Waals surface area contributed by atoms with Gasteiger partial charge in [0.2, 0.25) is 0 Å². The molecule has 1 N–H and O–H groups in total. The standard InChI is InChI=1S/C16H21ClN2S/c1-12(2)19-16(11-18)8-4-7-15(10-16)20-14-6-3-5-13(17)9-14/h3,5-6,9,12,15,19H,4,7-8,10H2,1-2H3. The molecular weight excluding hydrogens is 288 g/mol. The minimum Gasteiger partial charge on any atom is -0.297 e. The summed E-state index contributed by atoms with van der Waals surface area (Å²) >= 11 is 7.88. The summed E-state index contributed by atoms with van der Waals surface area (Å²) in [5.74, 6) is 0. The van der Waals surface area contributed by atoms with Crippen LogP contribution in [0.25, 0.3) is 0 Å². The van der Waals surface area contributed by atoms with Crippen LogP contribution in [0.1, 0.15) is 39.5 Å². The lowest BCUT2D eigenvalue weighted by molar-refractivity contribution is 0.284. The van der Waals surface area contributed by atoms with Gasteiger partial charge in [0.1, 0.15) is 5.54 Å². The summed E-state index contributed by atoms with van der Waals surface area (Å²) in [4.78, 5) is 1.20. The van der Waals surface area contributed by atoms with E-state index in [0.29, 0.717) is 11.3 Å². The Morgan fingerprint density at radius 1 is 1.50 bits per heavy atom. The van der Waals surface area contributed by atoms with Gasteiger partial charge in [-0.25, -0.2) is 0 Å². The Balaban J connectivity index is 2.05. The van der Waals surface area contributed by atoms with Crippen molar-refractivity contribution in [1.82, 2.24) is 5.32 Å². The first-order valence-electron chi connectivity index (χ1n) is 7.14. The van der Waals surface area contributed by atoms with Crippen molar-refractivity contribution in [3.05, 3.63) is 29.3 Å². The fraction of sp³-hybridized carbons (Fsp3) is 0.562. The molecule has 0 saturated heterocycles. The molecule has 108 valence electrons. The Kier molecular flexibility index (Phi) is 5.37. The molecule has 0 heterocycles. The third kappa shape index (κ3) is 4.15. The molecule has 1 aromatic rings. The number of halogens is 1. The van der Waals surface area contributed by atoms with Crippen LogP contribution in [-0.4, -0.2) is 16.8 Å². The molecule has 0 spiro atoms. The van der Waals surface area contributed by atoms with Gasteiger partial charge in [0, 0.05) is 21.2 Å². The van der Waals surface area contributed by atoms with Gasteiger partial charge in [-0.15, -0.1) is 11.8 Å². The second-order valence-electron chi connectivity index (χ2n) is 5.79. The first-order valence-corrected chi connectivity index (χ1v) is 8.40. The number of benzene rings is 1. The predicted molar refractivity (Wildman–Crippen MR) is 86.2 cm³/mol. The maximum absolute atomic E-state index is 9.58. The van der Waals surface area contributed by atoms with Crippen molar-refractivity contribution in [2.24, 2.45) is 0 Å². The fourth-order valence-corrected chi connectivity index (χ4v) is 4.52. The van der Waals surface area contributed by atoms with Crippen molar-refractivity contribution in [2.75, 3.05) is 0 Å². The monoisotopic (exact) mass is 308 g/mol. The van der Waals surface area contributed by atoms with E-state index in [-0.39, 0.29) is 5.54 Å². The zero-order valence-corrected chi connectivity index (χ0v) is 13.6. The molecule has 2 nitrogen and oxygen atoms in total. The van der Waals surface area contributed by atoms with E-state index in [1.54, 1.807) is 0 Å². The van der Waals surface area contributed by atoms with E-state index in [1.807, 2.05) is 30.0 Å². The van der Waals surface area contributed by atoms with Crippen molar-refractivity contribution < 1.29 is 0 Å². The van der Waals surface area contributed by atoms with Gasteiger partial charge in [-0.1, -0.05) is 17.7 Å². The average molecular weight is 309 g/mol. The molecule has 1 aliphatic rings. The highest BCUT2D eigenvalue weighted by molar-refractivity contribution is 8.00. The molecule has 4 heteroatoms. The molecule has 0 aromatic heterocycles. The smallest absolute Gasteiger partial charge is 0.108 e. The molecule has 1 saturated carbocycles. The van der Waals surface area contributed by atoms with E-state index in [2.05, 4.69) is 31.3 Å².